The number of rotatable bonds is 5. The van der Waals surface area contributed by atoms with E-state index in [0.717, 1.165) is 0 Å². The molecule has 2 N–H and O–H groups in total. The monoisotopic (exact) mass is 184 g/mol. The maximum Gasteiger partial charge on any atom is 0.242 e. The molecule has 0 spiro atoms. The first-order valence-corrected chi connectivity index (χ1v) is 4.27. The molecule has 0 saturated carbocycles. The summed E-state index contributed by atoms with van der Waals surface area (Å²) in [5.41, 5.74) is 0. The van der Waals surface area contributed by atoms with Gasteiger partial charge in [-0.1, -0.05) is 13.0 Å². The second-order valence-electron chi connectivity index (χ2n) is 2.61. The molecule has 13 heavy (non-hydrogen) atoms. The van der Waals surface area contributed by atoms with Gasteiger partial charge in [-0.15, -0.1) is 6.58 Å². The zero-order chi connectivity index (χ0) is 10.3. The summed E-state index contributed by atoms with van der Waals surface area (Å²) >= 11 is 0. The molecule has 0 radical (unpaired) electrons. The summed E-state index contributed by atoms with van der Waals surface area (Å²) in [4.78, 5) is 22.2. The zero-order valence-electron chi connectivity index (χ0n) is 8.09. The second-order valence-corrected chi connectivity index (χ2v) is 2.61. The summed E-state index contributed by atoms with van der Waals surface area (Å²) in [6.45, 7) is 5.26. The molecule has 0 aromatic rings. The fourth-order valence-electron chi connectivity index (χ4n) is 0.869. The predicted molar refractivity (Wildman–Crippen MR) is 51.1 cm³/mol. The lowest BCUT2D eigenvalue weighted by molar-refractivity contribution is -0.128. The fraction of sp³-hybridized carbons (Fsp3) is 0.556. The van der Waals surface area contributed by atoms with Gasteiger partial charge in [0.15, 0.2) is 0 Å². The Balaban J connectivity index is 4.16. The van der Waals surface area contributed by atoms with Crippen LogP contribution in [-0.4, -0.2) is 24.9 Å². The minimum Gasteiger partial charge on any atom is -0.357 e. The van der Waals surface area contributed by atoms with E-state index in [9.17, 15) is 9.59 Å². The number of amides is 2. The van der Waals surface area contributed by atoms with E-state index in [1.807, 2.05) is 0 Å². The summed E-state index contributed by atoms with van der Waals surface area (Å²) in [7, 11) is 1.54. The van der Waals surface area contributed by atoms with Crippen molar-refractivity contribution in [2.45, 2.75) is 25.8 Å². The van der Waals surface area contributed by atoms with Gasteiger partial charge in [-0.25, -0.2) is 0 Å². The first-order chi connectivity index (χ1) is 6.15. The highest BCUT2D eigenvalue weighted by molar-refractivity contribution is 5.87. The maximum absolute atomic E-state index is 11.2. The number of hydrogen-bond acceptors (Lipinski definition) is 2. The van der Waals surface area contributed by atoms with Gasteiger partial charge in [-0.05, 0) is 6.42 Å². The smallest absolute Gasteiger partial charge is 0.242 e. The molecule has 74 valence electrons. The molecule has 0 rings (SSSR count). The van der Waals surface area contributed by atoms with Crippen LogP contribution in [0, 0.1) is 0 Å². The summed E-state index contributed by atoms with van der Waals surface area (Å²) in [6, 6.07) is -0.491. The Kier molecular flexibility index (Phi) is 5.59. The second kappa shape index (κ2) is 6.22. The Hall–Kier alpha value is -1.32. The lowest BCUT2D eigenvalue weighted by Gasteiger charge is -2.14. The van der Waals surface area contributed by atoms with Crippen LogP contribution < -0.4 is 10.6 Å². The highest BCUT2D eigenvalue weighted by Gasteiger charge is 2.16. The molecular formula is C9H16N2O2. The molecule has 0 aromatic heterocycles. The molecule has 0 aliphatic heterocycles. The van der Waals surface area contributed by atoms with Gasteiger partial charge in [-0.3, -0.25) is 9.59 Å². The van der Waals surface area contributed by atoms with Gasteiger partial charge in [-0.2, -0.15) is 0 Å². The SMILES string of the molecule is C=CCC(NC(=O)CC)C(=O)NC. The standard InChI is InChI=1S/C9H16N2O2/c1-4-6-7(9(13)10-3)11-8(12)5-2/h4,7H,1,5-6H2,2-3H3,(H,10,13)(H,11,12). The Bertz CT molecular complexity index is 202. The normalized spacial score (nSPS) is 11.5. The molecular weight excluding hydrogens is 168 g/mol. The Labute approximate surface area is 78.4 Å². The first-order valence-electron chi connectivity index (χ1n) is 4.27. The Morgan fingerprint density at radius 3 is 2.54 bits per heavy atom. The van der Waals surface area contributed by atoms with Gasteiger partial charge < -0.3 is 10.6 Å². The van der Waals surface area contributed by atoms with E-state index in [4.69, 9.17) is 0 Å². The number of nitrogens with one attached hydrogen (secondary N) is 2. The minimum absolute atomic E-state index is 0.129. The van der Waals surface area contributed by atoms with E-state index < -0.39 is 6.04 Å². The maximum atomic E-state index is 11.2. The number of carbonyl (C=O) groups is 2. The molecule has 0 saturated heterocycles. The van der Waals surface area contributed by atoms with Gasteiger partial charge in [0.1, 0.15) is 6.04 Å². The molecule has 2 amide bonds. The van der Waals surface area contributed by atoms with Gasteiger partial charge in [0, 0.05) is 13.5 Å². The van der Waals surface area contributed by atoms with Crippen LogP contribution in [0.15, 0.2) is 12.7 Å². The third kappa shape index (κ3) is 4.30. The molecule has 1 unspecified atom stereocenters. The summed E-state index contributed by atoms with van der Waals surface area (Å²) < 4.78 is 0. The van der Waals surface area contributed by atoms with E-state index in [0.29, 0.717) is 12.8 Å². The highest BCUT2D eigenvalue weighted by Crippen LogP contribution is 1.93. The summed E-state index contributed by atoms with van der Waals surface area (Å²) in [5.74, 6) is -0.322. The number of carbonyl (C=O) groups excluding carboxylic acids is 2. The van der Waals surface area contributed by atoms with E-state index in [2.05, 4.69) is 17.2 Å². The quantitative estimate of drug-likeness (QED) is 0.600. The molecule has 0 fully saturated rings. The highest BCUT2D eigenvalue weighted by atomic mass is 16.2. The first kappa shape index (κ1) is 11.7. The molecule has 0 aliphatic carbocycles. The third-order valence-electron chi connectivity index (χ3n) is 1.62. The van der Waals surface area contributed by atoms with Crippen LogP contribution in [0.1, 0.15) is 19.8 Å². The van der Waals surface area contributed by atoms with Crippen molar-refractivity contribution in [2.75, 3.05) is 7.05 Å². The fourth-order valence-corrected chi connectivity index (χ4v) is 0.869. The van der Waals surface area contributed by atoms with Crippen molar-refractivity contribution in [2.24, 2.45) is 0 Å². The minimum atomic E-state index is -0.491. The molecule has 0 aliphatic rings. The van der Waals surface area contributed by atoms with Crippen LogP contribution in [0.5, 0.6) is 0 Å². The average molecular weight is 184 g/mol. The topological polar surface area (TPSA) is 58.2 Å². The largest absolute Gasteiger partial charge is 0.357 e. The number of hydrogen-bond donors (Lipinski definition) is 2. The molecule has 0 heterocycles. The molecule has 0 aromatic carbocycles. The van der Waals surface area contributed by atoms with Crippen molar-refractivity contribution in [1.29, 1.82) is 0 Å². The lowest BCUT2D eigenvalue weighted by atomic mass is 10.2. The third-order valence-corrected chi connectivity index (χ3v) is 1.62. The number of likely N-dealkylation sites (N-methyl/N-ethyl adjacent to an activating group) is 1. The predicted octanol–water partition coefficient (Wildman–Crippen LogP) is 0.203. The van der Waals surface area contributed by atoms with Gasteiger partial charge >= 0.3 is 0 Å². The summed E-state index contributed by atoms with van der Waals surface area (Å²) in [5, 5.41) is 5.07. The van der Waals surface area contributed by atoms with Crippen LogP contribution in [0.3, 0.4) is 0 Å². The van der Waals surface area contributed by atoms with Crippen molar-refractivity contribution in [3.8, 4) is 0 Å². The van der Waals surface area contributed by atoms with E-state index >= 15 is 0 Å². The van der Waals surface area contributed by atoms with E-state index in [1.54, 1.807) is 13.0 Å². The van der Waals surface area contributed by atoms with Crippen LogP contribution in [0.4, 0.5) is 0 Å². The van der Waals surface area contributed by atoms with Crippen LogP contribution >= 0.6 is 0 Å². The van der Waals surface area contributed by atoms with Crippen LogP contribution in [0.25, 0.3) is 0 Å². The van der Waals surface area contributed by atoms with E-state index in [1.165, 1.54) is 7.05 Å². The van der Waals surface area contributed by atoms with Gasteiger partial charge in [0.2, 0.25) is 11.8 Å². The van der Waals surface area contributed by atoms with Crippen LogP contribution in [-0.2, 0) is 9.59 Å². The van der Waals surface area contributed by atoms with Gasteiger partial charge in [0.25, 0.3) is 0 Å². The lowest BCUT2D eigenvalue weighted by Crippen LogP contribution is -2.45. The zero-order valence-corrected chi connectivity index (χ0v) is 8.09. The molecule has 0 bridgehead atoms. The van der Waals surface area contributed by atoms with Crippen molar-refractivity contribution < 1.29 is 9.59 Å². The van der Waals surface area contributed by atoms with Crippen molar-refractivity contribution in [3.05, 3.63) is 12.7 Å². The van der Waals surface area contributed by atoms with Crippen molar-refractivity contribution in [1.82, 2.24) is 10.6 Å². The van der Waals surface area contributed by atoms with E-state index in [-0.39, 0.29) is 11.8 Å². The molecule has 4 nitrogen and oxygen atoms in total. The van der Waals surface area contributed by atoms with Gasteiger partial charge in [0.05, 0.1) is 0 Å². The average Bonchev–Trinajstić information content (AvgIpc) is 2.15. The molecule has 1 atom stereocenters. The Morgan fingerprint density at radius 2 is 2.15 bits per heavy atom. The Morgan fingerprint density at radius 1 is 1.54 bits per heavy atom. The van der Waals surface area contributed by atoms with Crippen molar-refractivity contribution >= 4 is 11.8 Å². The van der Waals surface area contributed by atoms with Crippen molar-refractivity contribution in [3.63, 3.8) is 0 Å². The van der Waals surface area contributed by atoms with Crippen LogP contribution in [0.2, 0.25) is 0 Å². The molecule has 4 heteroatoms. The summed E-state index contributed by atoms with van der Waals surface area (Å²) in [6.07, 6.45) is 2.44.